The monoisotopic (exact) mass is 255 g/mol. The number of rotatable bonds is 4. The van der Waals surface area contributed by atoms with Crippen molar-refractivity contribution in [2.24, 2.45) is 11.3 Å². The number of fused-ring (bicyclic) bond motifs is 1. The van der Waals surface area contributed by atoms with Crippen molar-refractivity contribution in [1.82, 2.24) is 4.98 Å². The third-order valence-electron chi connectivity index (χ3n) is 4.55. The molecule has 1 aromatic heterocycles. The van der Waals surface area contributed by atoms with Gasteiger partial charge in [-0.15, -0.1) is 0 Å². The zero-order valence-electron chi connectivity index (χ0n) is 11.6. The van der Waals surface area contributed by atoms with Crippen molar-refractivity contribution in [3.8, 4) is 0 Å². The van der Waals surface area contributed by atoms with Crippen molar-refractivity contribution in [1.29, 1.82) is 0 Å². The molecule has 0 spiro atoms. The van der Waals surface area contributed by atoms with Gasteiger partial charge in [-0.2, -0.15) is 0 Å². The molecule has 3 rings (SSSR count). The lowest BCUT2D eigenvalue weighted by Gasteiger charge is -2.21. The van der Waals surface area contributed by atoms with Crippen molar-refractivity contribution in [3.63, 3.8) is 0 Å². The van der Waals surface area contributed by atoms with E-state index in [2.05, 4.69) is 30.2 Å². The van der Waals surface area contributed by atoms with Gasteiger partial charge in [-0.3, -0.25) is 4.98 Å². The number of aromatic nitrogens is 1. The number of nitrogen functional groups attached to an aromatic ring is 1. The third kappa shape index (κ3) is 2.14. The standard InChI is InChI=1S/C16H21N3/c1-11(2)16(7-8-16)10-19-14-6-9-18-15-12(14)4-3-5-13(15)17/h3-6,9,11H,7-8,10,17H2,1-2H3,(H,18,19). The first-order chi connectivity index (χ1) is 9.12. The highest BCUT2D eigenvalue weighted by Gasteiger charge is 2.44. The topological polar surface area (TPSA) is 50.9 Å². The smallest absolute Gasteiger partial charge is 0.0951 e. The summed E-state index contributed by atoms with van der Waals surface area (Å²) in [6.07, 6.45) is 4.50. The van der Waals surface area contributed by atoms with Crippen LogP contribution in [0, 0.1) is 11.3 Å². The zero-order chi connectivity index (χ0) is 13.5. The van der Waals surface area contributed by atoms with Gasteiger partial charge in [0, 0.05) is 23.8 Å². The Hall–Kier alpha value is -1.77. The Kier molecular flexibility index (Phi) is 2.85. The molecule has 0 saturated heterocycles. The Morgan fingerprint density at radius 2 is 2.11 bits per heavy atom. The number of hydrogen-bond donors (Lipinski definition) is 2. The van der Waals surface area contributed by atoms with Crippen LogP contribution in [-0.4, -0.2) is 11.5 Å². The van der Waals surface area contributed by atoms with Crippen molar-refractivity contribution >= 4 is 22.3 Å². The zero-order valence-corrected chi connectivity index (χ0v) is 11.6. The predicted octanol–water partition coefficient (Wildman–Crippen LogP) is 3.67. The molecule has 0 atom stereocenters. The minimum atomic E-state index is 0.496. The molecule has 3 heteroatoms. The van der Waals surface area contributed by atoms with Crippen LogP contribution in [-0.2, 0) is 0 Å². The molecule has 0 radical (unpaired) electrons. The molecule has 1 saturated carbocycles. The fraction of sp³-hybridized carbons (Fsp3) is 0.438. The van der Waals surface area contributed by atoms with Crippen LogP contribution in [0.15, 0.2) is 30.5 Å². The maximum atomic E-state index is 5.98. The summed E-state index contributed by atoms with van der Waals surface area (Å²) >= 11 is 0. The summed E-state index contributed by atoms with van der Waals surface area (Å²) in [5.41, 5.74) is 9.25. The van der Waals surface area contributed by atoms with E-state index in [1.54, 1.807) is 0 Å². The molecular weight excluding hydrogens is 234 g/mol. The largest absolute Gasteiger partial charge is 0.397 e. The summed E-state index contributed by atoms with van der Waals surface area (Å²) in [4.78, 5) is 4.37. The molecule has 3 N–H and O–H groups in total. The number of nitrogens with two attached hydrogens (primary N) is 1. The number of para-hydroxylation sites is 1. The van der Waals surface area contributed by atoms with E-state index in [1.807, 2.05) is 24.4 Å². The summed E-state index contributed by atoms with van der Waals surface area (Å²) < 4.78 is 0. The van der Waals surface area contributed by atoms with Gasteiger partial charge in [-0.05, 0) is 36.3 Å². The van der Waals surface area contributed by atoms with E-state index in [9.17, 15) is 0 Å². The molecule has 1 aliphatic rings. The van der Waals surface area contributed by atoms with Crippen molar-refractivity contribution < 1.29 is 0 Å². The van der Waals surface area contributed by atoms with Gasteiger partial charge in [-0.1, -0.05) is 26.0 Å². The first-order valence-corrected chi connectivity index (χ1v) is 6.99. The van der Waals surface area contributed by atoms with Crippen molar-refractivity contribution in [3.05, 3.63) is 30.5 Å². The molecule has 0 aliphatic heterocycles. The van der Waals surface area contributed by atoms with E-state index in [1.165, 1.54) is 12.8 Å². The van der Waals surface area contributed by atoms with Gasteiger partial charge in [0.2, 0.25) is 0 Å². The fourth-order valence-electron chi connectivity index (χ4n) is 2.74. The van der Waals surface area contributed by atoms with Crippen molar-refractivity contribution in [2.75, 3.05) is 17.6 Å². The quantitative estimate of drug-likeness (QED) is 0.820. The number of hydrogen-bond acceptors (Lipinski definition) is 3. The first-order valence-electron chi connectivity index (χ1n) is 6.99. The van der Waals surface area contributed by atoms with E-state index in [-0.39, 0.29) is 0 Å². The van der Waals surface area contributed by atoms with Crippen LogP contribution in [0.25, 0.3) is 10.9 Å². The summed E-state index contributed by atoms with van der Waals surface area (Å²) in [6.45, 7) is 5.67. The average molecular weight is 255 g/mol. The van der Waals surface area contributed by atoms with E-state index in [0.717, 1.165) is 34.7 Å². The molecule has 19 heavy (non-hydrogen) atoms. The molecule has 100 valence electrons. The number of nitrogens with zero attached hydrogens (tertiary/aromatic N) is 1. The Bertz CT molecular complexity index is 600. The number of nitrogens with one attached hydrogen (secondary N) is 1. The second kappa shape index (κ2) is 4.41. The lowest BCUT2D eigenvalue weighted by atomic mass is 9.92. The lowest BCUT2D eigenvalue weighted by molar-refractivity contribution is 0.380. The normalized spacial score (nSPS) is 16.8. The maximum Gasteiger partial charge on any atom is 0.0951 e. The molecule has 0 bridgehead atoms. The van der Waals surface area contributed by atoms with E-state index in [0.29, 0.717) is 5.41 Å². The number of benzene rings is 1. The van der Waals surface area contributed by atoms with E-state index in [4.69, 9.17) is 5.73 Å². The van der Waals surface area contributed by atoms with E-state index >= 15 is 0 Å². The second-order valence-corrected chi connectivity index (χ2v) is 5.97. The van der Waals surface area contributed by atoms with E-state index < -0.39 is 0 Å². The number of pyridine rings is 1. The summed E-state index contributed by atoms with van der Waals surface area (Å²) in [5.74, 6) is 0.734. The molecular formula is C16H21N3. The summed E-state index contributed by atoms with van der Waals surface area (Å²) in [6, 6.07) is 8.00. The summed E-state index contributed by atoms with van der Waals surface area (Å²) in [5, 5.41) is 4.72. The Balaban J connectivity index is 1.88. The molecule has 0 amide bonds. The molecule has 0 unspecified atom stereocenters. The number of anilines is 2. The van der Waals surface area contributed by atoms with Gasteiger partial charge in [0.05, 0.1) is 11.2 Å². The lowest BCUT2D eigenvalue weighted by Crippen LogP contribution is -2.21. The Morgan fingerprint density at radius 3 is 2.79 bits per heavy atom. The highest BCUT2D eigenvalue weighted by atomic mass is 14.9. The second-order valence-electron chi connectivity index (χ2n) is 5.97. The van der Waals surface area contributed by atoms with Crippen LogP contribution in [0.2, 0.25) is 0 Å². The maximum absolute atomic E-state index is 5.98. The minimum Gasteiger partial charge on any atom is -0.397 e. The first kappa shape index (κ1) is 12.3. The molecule has 1 fully saturated rings. The average Bonchev–Trinajstić information content (AvgIpc) is 3.18. The fourth-order valence-corrected chi connectivity index (χ4v) is 2.74. The highest BCUT2D eigenvalue weighted by molar-refractivity contribution is 5.97. The van der Waals surface area contributed by atoms with Gasteiger partial charge < -0.3 is 11.1 Å². The highest BCUT2D eigenvalue weighted by Crippen LogP contribution is 2.51. The third-order valence-corrected chi connectivity index (χ3v) is 4.55. The van der Waals surface area contributed by atoms with Gasteiger partial charge in [0.1, 0.15) is 0 Å². The van der Waals surface area contributed by atoms with Crippen LogP contribution >= 0.6 is 0 Å². The Morgan fingerprint density at radius 1 is 1.32 bits per heavy atom. The SMILES string of the molecule is CC(C)C1(CNc2ccnc3c(N)cccc23)CC1. The van der Waals surface area contributed by atoms with Crippen LogP contribution in [0.4, 0.5) is 11.4 Å². The van der Waals surface area contributed by atoms with Crippen LogP contribution in [0.5, 0.6) is 0 Å². The molecule has 1 aliphatic carbocycles. The molecule has 3 nitrogen and oxygen atoms in total. The van der Waals surface area contributed by atoms with Crippen LogP contribution < -0.4 is 11.1 Å². The van der Waals surface area contributed by atoms with Gasteiger partial charge in [0.15, 0.2) is 0 Å². The predicted molar refractivity (Wildman–Crippen MR) is 81.2 cm³/mol. The minimum absolute atomic E-state index is 0.496. The van der Waals surface area contributed by atoms with Crippen LogP contribution in [0.1, 0.15) is 26.7 Å². The molecule has 1 heterocycles. The van der Waals surface area contributed by atoms with Gasteiger partial charge in [-0.25, -0.2) is 0 Å². The molecule has 1 aromatic carbocycles. The van der Waals surface area contributed by atoms with Gasteiger partial charge in [0.25, 0.3) is 0 Å². The molecule has 2 aromatic rings. The van der Waals surface area contributed by atoms with Crippen LogP contribution in [0.3, 0.4) is 0 Å². The van der Waals surface area contributed by atoms with Gasteiger partial charge >= 0.3 is 0 Å². The summed E-state index contributed by atoms with van der Waals surface area (Å²) in [7, 11) is 0. The van der Waals surface area contributed by atoms with Crippen molar-refractivity contribution in [2.45, 2.75) is 26.7 Å². The Labute approximate surface area is 114 Å².